The van der Waals surface area contributed by atoms with E-state index < -0.39 is 29.1 Å². The number of halogens is 3. The molecular formula is C29H30F3N3O3. The lowest BCUT2D eigenvalue weighted by molar-refractivity contribution is -0.0647. The number of carbonyl (C=O) groups is 2. The molecule has 0 aliphatic carbocycles. The van der Waals surface area contributed by atoms with Crippen LogP contribution in [-0.4, -0.2) is 36.7 Å². The van der Waals surface area contributed by atoms with Crippen molar-refractivity contribution < 1.29 is 27.5 Å². The first-order valence-electron chi connectivity index (χ1n) is 12.5. The molecule has 1 heterocycles. The highest BCUT2D eigenvalue weighted by Gasteiger charge is 2.43. The Bertz CT molecular complexity index is 1280. The molecule has 0 radical (unpaired) electrons. The van der Waals surface area contributed by atoms with Crippen LogP contribution in [0.15, 0.2) is 66.7 Å². The van der Waals surface area contributed by atoms with E-state index in [-0.39, 0.29) is 24.2 Å². The van der Waals surface area contributed by atoms with Crippen molar-refractivity contribution in [2.24, 2.45) is 0 Å². The summed E-state index contributed by atoms with van der Waals surface area (Å²) in [6.07, 6.45) is 0.228. The van der Waals surface area contributed by atoms with E-state index >= 15 is 0 Å². The van der Waals surface area contributed by atoms with E-state index in [1.54, 1.807) is 41.3 Å². The fourth-order valence-electron chi connectivity index (χ4n) is 4.74. The van der Waals surface area contributed by atoms with Gasteiger partial charge in [0.05, 0.1) is 6.04 Å². The van der Waals surface area contributed by atoms with E-state index in [1.165, 1.54) is 24.3 Å². The molecule has 0 saturated carbocycles. The lowest BCUT2D eigenvalue weighted by Crippen LogP contribution is -2.50. The summed E-state index contributed by atoms with van der Waals surface area (Å²) in [5.74, 6) is -1.69. The van der Waals surface area contributed by atoms with Gasteiger partial charge in [-0.05, 0) is 54.8 Å². The second-order valence-corrected chi connectivity index (χ2v) is 9.27. The average molecular weight is 526 g/mol. The van der Waals surface area contributed by atoms with Crippen molar-refractivity contribution in [3.05, 3.63) is 95.3 Å². The number of nitrogens with zero attached hydrogens (tertiary/aromatic N) is 1. The number of hydrogen-bond donors (Lipinski definition) is 2. The molecule has 3 amide bonds. The van der Waals surface area contributed by atoms with Gasteiger partial charge < -0.3 is 20.3 Å². The fourth-order valence-corrected chi connectivity index (χ4v) is 4.74. The van der Waals surface area contributed by atoms with Gasteiger partial charge in [-0.1, -0.05) is 36.4 Å². The van der Waals surface area contributed by atoms with Crippen LogP contribution in [0.3, 0.4) is 0 Å². The van der Waals surface area contributed by atoms with Gasteiger partial charge in [-0.25, -0.2) is 22.8 Å². The quantitative estimate of drug-likeness (QED) is 0.364. The average Bonchev–Trinajstić information content (AvgIpc) is 2.89. The first kappa shape index (κ1) is 27.0. The number of carbonyl (C=O) groups excluding carboxylic acids is 2. The minimum atomic E-state index is -1.02. The molecule has 38 heavy (non-hydrogen) atoms. The van der Waals surface area contributed by atoms with Crippen LogP contribution < -0.4 is 10.6 Å². The Kier molecular flexibility index (Phi) is 8.24. The number of amides is 3. The highest BCUT2D eigenvalue weighted by atomic mass is 19.1. The third-order valence-corrected chi connectivity index (χ3v) is 6.90. The number of urea groups is 1. The standard InChI is InChI=1S/C29H30F3N3O3/c1-3-33-27(36)34-16-14-29(22-8-10-23(30)11-9-22)15-17-35(28(37)38-29)19(2)20-4-6-21(7-5-20)25-13-12-24(31)18-26(25)32/h4-13,18-19H,3,14-17H2,1-2H3,(H2,33,34,36)/t19-,29?/m0/s1. The first-order valence-corrected chi connectivity index (χ1v) is 12.5. The molecule has 9 heteroatoms. The van der Waals surface area contributed by atoms with Crippen molar-refractivity contribution in [1.82, 2.24) is 15.5 Å². The smallest absolute Gasteiger partial charge is 0.411 e. The molecule has 200 valence electrons. The maximum absolute atomic E-state index is 14.2. The van der Waals surface area contributed by atoms with Gasteiger partial charge in [0.2, 0.25) is 0 Å². The number of ether oxygens (including phenoxy) is 1. The summed E-state index contributed by atoms with van der Waals surface area (Å²) >= 11 is 0. The predicted molar refractivity (Wildman–Crippen MR) is 138 cm³/mol. The van der Waals surface area contributed by atoms with Gasteiger partial charge in [0, 0.05) is 44.1 Å². The van der Waals surface area contributed by atoms with Crippen LogP contribution in [-0.2, 0) is 10.3 Å². The van der Waals surface area contributed by atoms with Crippen LogP contribution in [0.25, 0.3) is 11.1 Å². The van der Waals surface area contributed by atoms with Crippen LogP contribution in [0.2, 0.25) is 0 Å². The van der Waals surface area contributed by atoms with Crippen molar-refractivity contribution in [3.63, 3.8) is 0 Å². The zero-order valence-electron chi connectivity index (χ0n) is 21.3. The third kappa shape index (κ3) is 5.93. The van der Waals surface area contributed by atoms with Crippen molar-refractivity contribution in [3.8, 4) is 11.1 Å². The predicted octanol–water partition coefficient (Wildman–Crippen LogP) is 6.28. The van der Waals surface area contributed by atoms with Gasteiger partial charge in [-0.2, -0.15) is 0 Å². The molecule has 3 aromatic carbocycles. The van der Waals surface area contributed by atoms with E-state index in [0.717, 1.165) is 11.6 Å². The van der Waals surface area contributed by atoms with Crippen LogP contribution in [0.1, 0.15) is 43.9 Å². The molecule has 1 aliphatic heterocycles. The van der Waals surface area contributed by atoms with Crippen molar-refractivity contribution in [2.75, 3.05) is 19.6 Å². The minimum absolute atomic E-state index is 0.257. The lowest BCUT2D eigenvalue weighted by atomic mass is 9.85. The molecule has 0 bridgehead atoms. The van der Waals surface area contributed by atoms with Gasteiger partial charge in [0.15, 0.2) is 0 Å². The molecule has 2 atom stereocenters. The highest BCUT2D eigenvalue weighted by Crippen LogP contribution is 2.39. The molecule has 1 saturated heterocycles. The third-order valence-electron chi connectivity index (χ3n) is 6.90. The molecular weight excluding hydrogens is 495 g/mol. The van der Waals surface area contributed by atoms with Crippen LogP contribution in [0, 0.1) is 17.5 Å². The summed E-state index contributed by atoms with van der Waals surface area (Å²) in [5.41, 5.74) is 1.33. The van der Waals surface area contributed by atoms with E-state index in [2.05, 4.69) is 10.6 Å². The summed E-state index contributed by atoms with van der Waals surface area (Å²) in [6.45, 7) is 4.79. The van der Waals surface area contributed by atoms with E-state index in [4.69, 9.17) is 4.74 Å². The number of rotatable bonds is 8. The Hall–Kier alpha value is -4.01. The summed E-state index contributed by atoms with van der Waals surface area (Å²) < 4.78 is 47.1. The van der Waals surface area contributed by atoms with Gasteiger partial charge >= 0.3 is 12.1 Å². The lowest BCUT2D eigenvalue weighted by Gasteiger charge is -2.43. The minimum Gasteiger partial charge on any atom is -0.438 e. The zero-order valence-corrected chi connectivity index (χ0v) is 21.3. The number of benzene rings is 3. The SMILES string of the molecule is CCNC(=O)NCCC1(c2ccc(F)cc2)CCN([C@@H](C)c2ccc(-c3ccc(F)cc3F)cc2)C(=O)O1. The molecule has 1 unspecified atom stereocenters. The van der Waals surface area contributed by atoms with Crippen LogP contribution in [0.5, 0.6) is 0 Å². The summed E-state index contributed by atoms with van der Waals surface area (Å²) in [4.78, 5) is 26.7. The van der Waals surface area contributed by atoms with E-state index in [9.17, 15) is 22.8 Å². The molecule has 6 nitrogen and oxygen atoms in total. The molecule has 1 fully saturated rings. The molecule has 4 rings (SSSR count). The molecule has 1 aliphatic rings. The Labute approximate surface area is 219 Å². The maximum atomic E-state index is 14.2. The monoisotopic (exact) mass is 525 g/mol. The van der Waals surface area contributed by atoms with Crippen molar-refractivity contribution >= 4 is 12.1 Å². The fraction of sp³-hybridized carbons (Fsp3) is 0.310. The van der Waals surface area contributed by atoms with Gasteiger partial charge in [0.1, 0.15) is 23.1 Å². The summed E-state index contributed by atoms with van der Waals surface area (Å²) in [6, 6.07) is 15.7. The van der Waals surface area contributed by atoms with Crippen LogP contribution in [0.4, 0.5) is 22.8 Å². The van der Waals surface area contributed by atoms with Crippen molar-refractivity contribution in [2.45, 2.75) is 38.3 Å². The molecule has 3 aromatic rings. The second-order valence-electron chi connectivity index (χ2n) is 9.27. The van der Waals surface area contributed by atoms with Gasteiger partial charge in [-0.3, -0.25) is 0 Å². The molecule has 2 N–H and O–H groups in total. The molecule has 0 spiro atoms. The number of cyclic esters (lactones) is 1. The summed E-state index contributed by atoms with van der Waals surface area (Å²) in [5, 5.41) is 5.42. The van der Waals surface area contributed by atoms with E-state index in [1.807, 2.05) is 13.8 Å². The number of nitrogens with one attached hydrogen (secondary N) is 2. The maximum Gasteiger partial charge on any atom is 0.411 e. The normalized spacial score (nSPS) is 18.0. The number of hydrogen-bond acceptors (Lipinski definition) is 3. The second kappa shape index (κ2) is 11.6. The Balaban J connectivity index is 1.49. The van der Waals surface area contributed by atoms with Gasteiger partial charge in [-0.15, -0.1) is 0 Å². The topological polar surface area (TPSA) is 70.7 Å². The molecule has 0 aromatic heterocycles. The van der Waals surface area contributed by atoms with Gasteiger partial charge in [0.25, 0.3) is 0 Å². The largest absolute Gasteiger partial charge is 0.438 e. The first-order chi connectivity index (χ1) is 18.2. The van der Waals surface area contributed by atoms with Crippen molar-refractivity contribution in [1.29, 1.82) is 0 Å². The Morgan fingerprint density at radius 1 is 1.00 bits per heavy atom. The highest BCUT2D eigenvalue weighted by molar-refractivity contribution is 5.73. The Morgan fingerprint density at radius 2 is 1.68 bits per heavy atom. The van der Waals surface area contributed by atoms with Crippen LogP contribution >= 0.6 is 0 Å². The summed E-state index contributed by atoms with van der Waals surface area (Å²) in [7, 11) is 0. The van der Waals surface area contributed by atoms with E-state index in [0.29, 0.717) is 37.1 Å². The Morgan fingerprint density at radius 3 is 2.32 bits per heavy atom. The zero-order chi connectivity index (χ0) is 27.3.